The first-order valence-corrected chi connectivity index (χ1v) is 12.5. The van der Waals surface area contributed by atoms with Crippen LogP contribution in [0.5, 0.6) is 0 Å². The maximum absolute atomic E-state index is 10.4. The van der Waals surface area contributed by atoms with Crippen molar-refractivity contribution in [3.8, 4) is 0 Å². The van der Waals surface area contributed by atoms with E-state index in [2.05, 4.69) is 30.5 Å². The summed E-state index contributed by atoms with van der Waals surface area (Å²) in [6.45, 7) is 3.05. The van der Waals surface area contributed by atoms with Crippen LogP contribution in [0.15, 0.2) is 0 Å². The summed E-state index contributed by atoms with van der Waals surface area (Å²) in [4.78, 5) is 12.6. The fourth-order valence-electron chi connectivity index (χ4n) is 3.90. The van der Waals surface area contributed by atoms with Crippen LogP contribution in [0.2, 0.25) is 0 Å². The number of nitrogens with zero attached hydrogens (tertiary/aromatic N) is 2. The van der Waals surface area contributed by atoms with Crippen LogP contribution >= 0.6 is 0 Å². The summed E-state index contributed by atoms with van der Waals surface area (Å²) < 4.78 is 7.25. The Labute approximate surface area is 215 Å². The van der Waals surface area contributed by atoms with Crippen LogP contribution < -0.4 is 34.7 Å². The van der Waals surface area contributed by atoms with Gasteiger partial charge in [-0.05, 0) is 6.42 Å². The molecule has 178 valence electrons. The van der Waals surface area contributed by atoms with Crippen molar-refractivity contribution in [2.75, 3.05) is 40.9 Å². The molecule has 5 nitrogen and oxygen atoms in total. The number of hydrogen-bond donors (Lipinski definition) is 0. The number of aliphatic carboxylic acids is 1. The van der Waals surface area contributed by atoms with E-state index >= 15 is 0 Å². The summed E-state index contributed by atoms with van der Waals surface area (Å²) in [5.41, 5.74) is 0. The van der Waals surface area contributed by atoms with Gasteiger partial charge in [0.15, 0.2) is 0 Å². The first-order valence-electron chi connectivity index (χ1n) is 12.5. The smallest absolute Gasteiger partial charge is 0.548 e. The van der Waals surface area contributed by atoms with E-state index in [1.165, 1.54) is 102 Å². The average Bonchev–Trinajstić information content (AvgIpc) is 2.70. The summed E-state index contributed by atoms with van der Waals surface area (Å²) in [7, 11) is 6.18. The van der Waals surface area contributed by atoms with Crippen LogP contribution in [0.25, 0.3) is 0 Å². The van der Waals surface area contributed by atoms with Crippen LogP contribution in [0, 0.1) is 0 Å². The molecule has 0 aromatic heterocycles. The van der Waals surface area contributed by atoms with Gasteiger partial charge in [0.25, 0.3) is 0 Å². The van der Waals surface area contributed by atoms with Crippen LogP contribution in [0.3, 0.4) is 0 Å². The summed E-state index contributed by atoms with van der Waals surface area (Å²) in [6, 6.07) is 0. The Hall–Kier alpha value is -0.1000. The van der Waals surface area contributed by atoms with Crippen molar-refractivity contribution >= 4 is 11.8 Å². The molecule has 0 aliphatic heterocycles. The molecule has 0 fully saturated rings. The van der Waals surface area contributed by atoms with E-state index in [1.807, 2.05) is 7.05 Å². The third kappa shape index (κ3) is 22.9. The quantitative estimate of drug-likeness (QED) is 0.0879. The SMILES string of the molecule is CCCCCCCCCCCCCCCCCC(N(C)CCOCC(=O)[O-])=[N+](C)C.[Na+]. The van der Waals surface area contributed by atoms with Gasteiger partial charge in [0.1, 0.15) is 6.54 Å². The largest absolute Gasteiger partial charge is 1.00 e. The average molecular weight is 450 g/mol. The van der Waals surface area contributed by atoms with E-state index < -0.39 is 5.97 Å². The van der Waals surface area contributed by atoms with Crippen molar-refractivity contribution in [3.05, 3.63) is 0 Å². The van der Waals surface area contributed by atoms with E-state index in [4.69, 9.17) is 4.74 Å². The number of carboxylic acid groups (broad SMARTS) is 1. The van der Waals surface area contributed by atoms with Gasteiger partial charge in [-0.1, -0.05) is 96.8 Å². The molecule has 0 rings (SSSR count). The number of carbonyl (C=O) groups excluding carboxylic acids is 1. The van der Waals surface area contributed by atoms with E-state index in [1.54, 1.807) is 0 Å². The van der Waals surface area contributed by atoms with Crippen molar-refractivity contribution in [1.82, 2.24) is 4.90 Å². The van der Waals surface area contributed by atoms with Crippen LogP contribution in [-0.4, -0.2) is 62.2 Å². The topological polar surface area (TPSA) is 55.6 Å². The van der Waals surface area contributed by atoms with Gasteiger partial charge >= 0.3 is 29.6 Å². The molecule has 0 saturated carbocycles. The fourth-order valence-corrected chi connectivity index (χ4v) is 3.90. The molecule has 0 N–H and O–H groups in total. The van der Waals surface area contributed by atoms with Crippen molar-refractivity contribution in [2.24, 2.45) is 0 Å². The minimum absolute atomic E-state index is 0. The number of likely N-dealkylation sites (N-methyl/N-ethyl adjacent to an activating group) is 1. The summed E-state index contributed by atoms with van der Waals surface area (Å²) in [5, 5.41) is 10.4. The summed E-state index contributed by atoms with van der Waals surface area (Å²) >= 11 is 0. The van der Waals surface area contributed by atoms with Crippen LogP contribution in [-0.2, 0) is 9.53 Å². The molecular formula is C25H50N2NaO3+. The van der Waals surface area contributed by atoms with Crippen molar-refractivity contribution in [2.45, 2.75) is 110 Å². The molecule has 0 aliphatic rings. The Morgan fingerprint density at radius 1 is 0.806 bits per heavy atom. The molecule has 0 radical (unpaired) electrons. The second kappa shape index (κ2) is 24.5. The second-order valence-corrected chi connectivity index (χ2v) is 8.86. The second-order valence-electron chi connectivity index (χ2n) is 8.86. The zero-order valence-electron chi connectivity index (χ0n) is 21.6. The number of carboxylic acids is 1. The summed E-state index contributed by atoms with van der Waals surface area (Å²) in [6.07, 6.45) is 21.8. The number of hydrogen-bond acceptors (Lipinski definition) is 3. The monoisotopic (exact) mass is 449 g/mol. The molecule has 0 spiro atoms. The van der Waals surface area contributed by atoms with Crippen molar-refractivity contribution < 1.29 is 48.8 Å². The maximum atomic E-state index is 10.4. The molecule has 0 unspecified atom stereocenters. The minimum atomic E-state index is -1.16. The van der Waals surface area contributed by atoms with Crippen LogP contribution in [0.4, 0.5) is 0 Å². The zero-order chi connectivity index (χ0) is 22.5. The molecule has 6 heteroatoms. The molecule has 0 heterocycles. The predicted molar refractivity (Wildman–Crippen MR) is 125 cm³/mol. The first kappa shape index (κ1) is 33.1. The number of ether oxygens (including phenoxy) is 1. The van der Waals surface area contributed by atoms with Gasteiger partial charge in [-0.2, -0.15) is 0 Å². The van der Waals surface area contributed by atoms with E-state index in [0.29, 0.717) is 13.2 Å². The molecular weight excluding hydrogens is 399 g/mol. The molecule has 0 atom stereocenters. The van der Waals surface area contributed by atoms with Gasteiger partial charge in [-0.25, -0.2) is 0 Å². The predicted octanol–water partition coefficient (Wildman–Crippen LogP) is 1.62. The molecule has 0 aromatic carbocycles. The van der Waals surface area contributed by atoms with Crippen molar-refractivity contribution in [1.29, 1.82) is 0 Å². The standard InChI is InChI=1S/C25H50N2O3.Na/c1-5-6-7-8-9-10-11-12-13-14-15-16-17-18-19-20-24(26(2)3)27(4)21-22-30-23-25(28)29;/h5-23H2,1-4H3;/q;+1. The van der Waals surface area contributed by atoms with Gasteiger partial charge < -0.3 is 14.6 Å². The Bertz CT molecular complexity index is 440. The number of carbonyl (C=O) groups is 1. The van der Waals surface area contributed by atoms with Gasteiger partial charge in [-0.15, -0.1) is 0 Å². The molecule has 0 aliphatic carbocycles. The third-order valence-corrected chi connectivity index (χ3v) is 5.75. The normalized spacial score (nSPS) is 10.6. The van der Waals surface area contributed by atoms with Gasteiger partial charge in [0.2, 0.25) is 5.84 Å². The van der Waals surface area contributed by atoms with Gasteiger partial charge in [0, 0.05) is 6.42 Å². The van der Waals surface area contributed by atoms with E-state index in [-0.39, 0.29) is 36.2 Å². The Morgan fingerprint density at radius 2 is 1.23 bits per heavy atom. The van der Waals surface area contributed by atoms with E-state index in [9.17, 15) is 9.90 Å². The number of rotatable bonds is 21. The molecule has 0 amide bonds. The molecule has 0 bridgehead atoms. The van der Waals surface area contributed by atoms with Gasteiger partial charge in [0.05, 0.1) is 40.3 Å². The Morgan fingerprint density at radius 3 is 1.61 bits per heavy atom. The van der Waals surface area contributed by atoms with E-state index in [0.717, 1.165) is 6.42 Å². The zero-order valence-corrected chi connectivity index (χ0v) is 23.6. The maximum Gasteiger partial charge on any atom is 1.00 e. The first-order chi connectivity index (χ1) is 14.5. The van der Waals surface area contributed by atoms with Crippen molar-refractivity contribution in [3.63, 3.8) is 0 Å². The number of amidine groups is 1. The molecule has 0 aromatic rings. The Kier molecular flexibility index (Phi) is 26.2. The fraction of sp³-hybridized carbons (Fsp3) is 0.920. The third-order valence-electron chi connectivity index (χ3n) is 5.75. The summed E-state index contributed by atoms with van der Waals surface area (Å²) in [5.74, 6) is 0.119. The van der Waals surface area contributed by atoms with Crippen LogP contribution in [0.1, 0.15) is 110 Å². The molecule has 0 saturated heterocycles. The molecule has 31 heavy (non-hydrogen) atoms. The Balaban J connectivity index is 0. The number of unbranched alkanes of at least 4 members (excludes halogenated alkanes) is 14. The minimum Gasteiger partial charge on any atom is -0.548 e. The van der Waals surface area contributed by atoms with Gasteiger partial charge in [-0.3, -0.25) is 9.48 Å².